The molecule has 1 unspecified atom stereocenters. The average molecular weight is 345 g/mol. The van der Waals surface area contributed by atoms with Gasteiger partial charge in [0.15, 0.2) is 0 Å². The highest BCUT2D eigenvalue weighted by Gasteiger charge is 2.23. The van der Waals surface area contributed by atoms with Crippen LogP contribution in [0.3, 0.4) is 0 Å². The fourth-order valence-electron chi connectivity index (χ4n) is 2.62. The quantitative estimate of drug-likeness (QED) is 0.819. The molecule has 3 nitrogen and oxygen atoms in total. The Morgan fingerprint density at radius 1 is 0.958 bits per heavy atom. The topological polar surface area (TPSA) is 63.3 Å². The second kappa shape index (κ2) is 10.2. The van der Waals surface area contributed by atoms with Gasteiger partial charge < -0.3 is 10.8 Å². The van der Waals surface area contributed by atoms with Crippen molar-refractivity contribution in [3.8, 4) is 0 Å². The number of carbonyl (C=O) groups is 1. The van der Waals surface area contributed by atoms with Crippen LogP contribution < -0.4 is 5.73 Å². The lowest BCUT2D eigenvalue weighted by Crippen LogP contribution is -2.32. The second-order valence-corrected chi connectivity index (χ2v) is 8.32. The van der Waals surface area contributed by atoms with E-state index in [0.29, 0.717) is 6.42 Å². The number of carboxylic acids is 1. The predicted octanol–water partition coefficient (Wildman–Crippen LogP) is 3.24. The highest BCUT2D eigenvalue weighted by molar-refractivity contribution is 7.96. The van der Waals surface area contributed by atoms with Crippen molar-refractivity contribution in [2.45, 2.75) is 31.1 Å². The molecular weight excluding hydrogens is 318 g/mol. The predicted molar refractivity (Wildman–Crippen MR) is 102 cm³/mol. The van der Waals surface area contributed by atoms with Gasteiger partial charge in [-0.15, -0.1) is 0 Å². The Labute approximate surface area is 147 Å². The third-order valence-corrected chi connectivity index (χ3v) is 6.42. The summed E-state index contributed by atoms with van der Waals surface area (Å²) in [5.41, 5.74) is 7.83. The third kappa shape index (κ3) is 6.77. The molecule has 2 aromatic carbocycles. The fraction of sp³-hybridized carbons (Fsp3) is 0.350. The van der Waals surface area contributed by atoms with Crippen LogP contribution in [0.15, 0.2) is 60.7 Å². The van der Waals surface area contributed by atoms with Gasteiger partial charge in [0.25, 0.3) is 0 Å². The van der Waals surface area contributed by atoms with Crippen LogP contribution in [-0.4, -0.2) is 28.6 Å². The molecule has 0 radical (unpaired) electrons. The zero-order chi connectivity index (χ0) is 17.2. The van der Waals surface area contributed by atoms with E-state index in [1.165, 1.54) is 35.7 Å². The SMILES string of the molecule is NC(Cc1ccccc1)C(=O)O.c1ccc(C[S+]2CCCC2)cc1. The van der Waals surface area contributed by atoms with E-state index < -0.39 is 12.0 Å². The summed E-state index contributed by atoms with van der Waals surface area (Å²) in [6, 6.07) is 19.4. The Balaban J connectivity index is 0.000000174. The molecule has 4 heteroatoms. The molecule has 3 rings (SSSR count). The summed E-state index contributed by atoms with van der Waals surface area (Å²) < 4.78 is 0. The summed E-state index contributed by atoms with van der Waals surface area (Å²) in [5, 5.41) is 8.52. The van der Waals surface area contributed by atoms with E-state index in [4.69, 9.17) is 10.8 Å². The number of hydrogen-bond donors (Lipinski definition) is 2. The van der Waals surface area contributed by atoms with Crippen LogP contribution in [0.1, 0.15) is 24.0 Å². The van der Waals surface area contributed by atoms with E-state index in [-0.39, 0.29) is 0 Å². The first-order valence-corrected chi connectivity index (χ1v) is 10.1. The highest BCUT2D eigenvalue weighted by atomic mass is 32.2. The highest BCUT2D eigenvalue weighted by Crippen LogP contribution is 2.18. The minimum absolute atomic E-state index is 0.385. The molecule has 0 amide bonds. The van der Waals surface area contributed by atoms with Crippen molar-refractivity contribution < 1.29 is 9.90 Å². The molecule has 2 aromatic rings. The van der Waals surface area contributed by atoms with Crippen molar-refractivity contribution >= 4 is 16.9 Å². The lowest BCUT2D eigenvalue weighted by molar-refractivity contribution is -0.138. The van der Waals surface area contributed by atoms with E-state index in [9.17, 15) is 4.79 Å². The summed E-state index contributed by atoms with van der Waals surface area (Å²) >= 11 is 0. The minimum atomic E-state index is -0.959. The molecule has 0 spiro atoms. The van der Waals surface area contributed by atoms with Crippen LogP contribution in [0.25, 0.3) is 0 Å². The molecule has 0 aromatic heterocycles. The number of carboxylic acid groups (broad SMARTS) is 1. The van der Waals surface area contributed by atoms with Crippen molar-refractivity contribution in [2.24, 2.45) is 5.73 Å². The maximum atomic E-state index is 10.4. The molecule has 1 atom stereocenters. The van der Waals surface area contributed by atoms with Crippen molar-refractivity contribution in [1.29, 1.82) is 0 Å². The summed E-state index contributed by atoms with van der Waals surface area (Å²) in [5.74, 6) is 3.34. The number of hydrogen-bond acceptors (Lipinski definition) is 2. The van der Waals surface area contributed by atoms with E-state index in [0.717, 1.165) is 16.5 Å². The molecule has 1 heterocycles. The molecule has 3 N–H and O–H groups in total. The van der Waals surface area contributed by atoms with Crippen LogP contribution in [0, 0.1) is 0 Å². The molecular formula is C20H26NO2S+. The lowest BCUT2D eigenvalue weighted by atomic mass is 10.1. The molecule has 0 saturated carbocycles. The maximum absolute atomic E-state index is 10.4. The van der Waals surface area contributed by atoms with Gasteiger partial charge in [-0.05, 0) is 35.7 Å². The van der Waals surface area contributed by atoms with Crippen molar-refractivity contribution in [3.05, 3.63) is 71.8 Å². The van der Waals surface area contributed by atoms with Gasteiger partial charge in [0.2, 0.25) is 0 Å². The van der Waals surface area contributed by atoms with Gasteiger partial charge in [-0.25, -0.2) is 0 Å². The van der Waals surface area contributed by atoms with Gasteiger partial charge in [0.05, 0.1) is 0 Å². The Hall–Kier alpha value is -1.78. The first-order valence-electron chi connectivity index (χ1n) is 8.35. The maximum Gasteiger partial charge on any atom is 0.320 e. The lowest BCUT2D eigenvalue weighted by Gasteiger charge is -2.04. The van der Waals surface area contributed by atoms with Crippen molar-refractivity contribution in [3.63, 3.8) is 0 Å². The number of nitrogens with two attached hydrogens (primary N) is 1. The van der Waals surface area contributed by atoms with Gasteiger partial charge in [-0.3, -0.25) is 4.79 Å². The third-order valence-electron chi connectivity index (χ3n) is 3.95. The van der Waals surface area contributed by atoms with E-state index in [1.807, 2.05) is 30.3 Å². The normalized spacial score (nSPS) is 15.4. The fourth-order valence-corrected chi connectivity index (χ4v) is 5.01. The zero-order valence-corrected chi connectivity index (χ0v) is 14.8. The number of benzene rings is 2. The van der Waals surface area contributed by atoms with E-state index >= 15 is 0 Å². The van der Waals surface area contributed by atoms with Crippen LogP contribution in [0.4, 0.5) is 0 Å². The zero-order valence-electron chi connectivity index (χ0n) is 13.9. The summed E-state index contributed by atoms with van der Waals surface area (Å²) in [4.78, 5) is 10.4. The first-order chi connectivity index (χ1) is 11.6. The van der Waals surface area contributed by atoms with Crippen molar-refractivity contribution in [1.82, 2.24) is 0 Å². The number of aliphatic carboxylic acids is 1. The van der Waals surface area contributed by atoms with Gasteiger partial charge in [0.1, 0.15) is 23.3 Å². The standard InChI is InChI=1S/C11H15S.C9H11NO2/c1-2-6-11(7-3-1)10-12-8-4-5-9-12;10-8(9(11)12)6-7-4-2-1-3-5-7/h1-3,6-7H,4-5,8-10H2;1-5,8H,6,10H2,(H,11,12)/q+1;. The molecule has 0 bridgehead atoms. The monoisotopic (exact) mass is 344 g/mol. The van der Waals surface area contributed by atoms with Gasteiger partial charge >= 0.3 is 5.97 Å². The van der Waals surface area contributed by atoms with E-state index in [1.54, 1.807) is 0 Å². The van der Waals surface area contributed by atoms with Crippen LogP contribution in [0.5, 0.6) is 0 Å². The Morgan fingerprint density at radius 2 is 1.46 bits per heavy atom. The molecule has 0 aliphatic carbocycles. The molecule has 1 saturated heterocycles. The average Bonchev–Trinajstić information content (AvgIpc) is 3.10. The minimum Gasteiger partial charge on any atom is -0.480 e. The van der Waals surface area contributed by atoms with Crippen molar-refractivity contribution in [2.75, 3.05) is 11.5 Å². The summed E-state index contributed by atoms with van der Waals surface area (Å²) in [6.45, 7) is 0. The van der Waals surface area contributed by atoms with Gasteiger partial charge in [-0.2, -0.15) is 0 Å². The molecule has 24 heavy (non-hydrogen) atoms. The van der Waals surface area contributed by atoms with Crippen LogP contribution in [0.2, 0.25) is 0 Å². The van der Waals surface area contributed by atoms with Crippen LogP contribution in [-0.2, 0) is 27.9 Å². The van der Waals surface area contributed by atoms with Gasteiger partial charge in [-0.1, -0.05) is 60.7 Å². The Morgan fingerprint density at radius 3 is 1.96 bits per heavy atom. The Bertz CT molecular complexity index is 598. The second-order valence-electron chi connectivity index (χ2n) is 5.99. The van der Waals surface area contributed by atoms with Gasteiger partial charge in [0, 0.05) is 5.56 Å². The molecule has 1 aliphatic heterocycles. The molecule has 128 valence electrons. The molecule has 1 aliphatic rings. The largest absolute Gasteiger partial charge is 0.480 e. The van der Waals surface area contributed by atoms with E-state index in [2.05, 4.69) is 30.3 Å². The van der Waals surface area contributed by atoms with Crippen LogP contribution >= 0.6 is 0 Å². The summed E-state index contributed by atoms with van der Waals surface area (Å²) in [6.07, 6.45) is 3.32. The summed E-state index contributed by atoms with van der Waals surface area (Å²) in [7, 11) is 0.722. The smallest absolute Gasteiger partial charge is 0.320 e. The first kappa shape index (κ1) is 18.6. The number of rotatable bonds is 5. The Kier molecular flexibility index (Phi) is 7.86. The molecule has 1 fully saturated rings.